The molecule has 2 aliphatic rings. The zero-order valence-electron chi connectivity index (χ0n) is 13.7. The lowest BCUT2D eigenvalue weighted by Gasteiger charge is -2.48. The zero-order chi connectivity index (χ0) is 16.2. The van der Waals surface area contributed by atoms with Crippen molar-refractivity contribution in [3.8, 4) is 0 Å². The monoisotopic (exact) mass is 355 g/mol. The molecular weight excluding hydrogens is 330 g/mol. The number of piperazine rings is 1. The molecular formula is C16H26ClN5S. The molecule has 2 heterocycles. The van der Waals surface area contributed by atoms with Gasteiger partial charge in [0.05, 0.1) is 16.9 Å². The second-order valence-electron chi connectivity index (χ2n) is 6.14. The molecule has 0 saturated carbocycles. The zero-order valence-corrected chi connectivity index (χ0v) is 15.3. The summed E-state index contributed by atoms with van der Waals surface area (Å²) in [5.41, 5.74) is -0.0939. The van der Waals surface area contributed by atoms with Crippen LogP contribution < -0.4 is 16.0 Å². The largest absolute Gasteiger partial charge is 0.304 e. The van der Waals surface area contributed by atoms with Crippen LogP contribution in [0.5, 0.6) is 0 Å². The normalized spacial score (nSPS) is 33.7. The summed E-state index contributed by atoms with van der Waals surface area (Å²) in [7, 11) is 4.13. The smallest absolute Gasteiger partial charge is 0.114 e. The van der Waals surface area contributed by atoms with Crippen molar-refractivity contribution in [2.75, 3.05) is 40.3 Å². The van der Waals surface area contributed by atoms with Crippen LogP contribution in [-0.2, 0) is 0 Å². The second kappa shape index (κ2) is 8.16. The van der Waals surface area contributed by atoms with Crippen LogP contribution in [0, 0.1) is 0 Å². The Hall–Kier alpha value is -0.340. The van der Waals surface area contributed by atoms with Crippen LogP contribution in [0.25, 0.3) is 0 Å². The molecule has 2 fully saturated rings. The Kier molecular flexibility index (Phi) is 6.20. The Labute approximate surface area is 148 Å². The molecule has 128 valence electrons. The first-order chi connectivity index (χ1) is 11.2. The third-order valence-corrected chi connectivity index (χ3v) is 6.39. The molecule has 0 radical (unpaired) electrons. The molecule has 4 atom stereocenters. The van der Waals surface area contributed by atoms with Crippen molar-refractivity contribution in [3.63, 3.8) is 0 Å². The molecule has 7 heteroatoms. The molecule has 3 N–H and O–H groups in total. The van der Waals surface area contributed by atoms with Gasteiger partial charge in [0.1, 0.15) is 6.29 Å². The number of rotatable bonds is 4. The number of likely N-dealkylation sites (N-methyl/N-ethyl adjacent to an activating group) is 1. The molecule has 0 bridgehead atoms. The van der Waals surface area contributed by atoms with Crippen molar-refractivity contribution in [2.24, 2.45) is 0 Å². The summed E-state index contributed by atoms with van der Waals surface area (Å²) >= 11 is 8.55. The Morgan fingerprint density at radius 2 is 1.83 bits per heavy atom. The van der Waals surface area contributed by atoms with Gasteiger partial charge >= 0.3 is 0 Å². The van der Waals surface area contributed by atoms with Gasteiger partial charge < -0.3 is 4.90 Å². The maximum atomic E-state index is 6.70. The van der Waals surface area contributed by atoms with E-state index < -0.39 is 0 Å². The summed E-state index contributed by atoms with van der Waals surface area (Å²) in [5.74, 6) is 0. The molecule has 1 aromatic carbocycles. The van der Waals surface area contributed by atoms with E-state index in [0.717, 1.165) is 26.2 Å². The highest BCUT2D eigenvalue weighted by Crippen LogP contribution is 2.32. The van der Waals surface area contributed by atoms with E-state index in [1.54, 1.807) is 0 Å². The molecule has 5 nitrogen and oxygen atoms in total. The van der Waals surface area contributed by atoms with Crippen molar-refractivity contribution >= 4 is 23.4 Å². The molecule has 4 unspecified atom stereocenters. The highest BCUT2D eigenvalue weighted by Gasteiger charge is 2.40. The minimum atomic E-state index is -0.0939. The number of halogens is 1. The number of hydrogen-bond donors (Lipinski definition) is 3. The fourth-order valence-electron chi connectivity index (χ4n) is 3.09. The first-order valence-corrected chi connectivity index (χ1v) is 9.47. The van der Waals surface area contributed by atoms with Crippen molar-refractivity contribution in [3.05, 3.63) is 30.3 Å². The van der Waals surface area contributed by atoms with Crippen LogP contribution in [0.1, 0.15) is 0 Å². The lowest BCUT2D eigenvalue weighted by Crippen LogP contribution is -2.72. The van der Waals surface area contributed by atoms with Gasteiger partial charge in [-0.15, -0.1) is 23.4 Å². The SMILES string of the molecule is CNC1NC(Cl)C(Sc2ccccc2)C(N2CCN(C)CC2)N1. The van der Waals surface area contributed by atoms with Crippen LogP contribution in [0.4, 0.5) is 0 Å². The van der Waals surface area contributed by atoms with E-state index >= 15 is 0 Å². The number of nitrogens with one attached hydrogen (secondary N) is 3. The first-order valence-electron chi connectivity index (χ1n) is 8.15. The standard InChI is InChI=1S/C16H26ClN5S/c1-18-16-19-14(17)13(23-12-6-4-3-5-7-12)15(20-16)22-10-8-21(2)9-11-22/h3-7,13-16,18-20H,8-11H2,1-2H3. The van der Waals surface area contributed by atoms with Crippen LogP contribution in [0.15, 0.2) is 35.2 Å². The fourth-order valence-corrected chi connectivity index (χ4v) is 4.71. The predicted molar refractivity (Wildman–Crippen MR) is 97.7 cm³/mol. The third-order valence-electron chi connectivity index (χ3n) is 4.50. The maximum Gasteiger partial charge on any atom is 0.114 e. The summed E-state index contributed by atoms with van der Waals surface area (Å²) in [6, 6.07) is 10.5. The van der Waals surface area contributed by atoms with Gasteiger partial charge in [-0.2, -0.15) is 0 Å². The van der Waals surface area contributed by atoms with E-state index in [2.05, 4.69) is 63.1 Å². The average Bonchev–Trinajstić information content (AvgIpc) is 2.58. The Morgan fingerprint density at radius 3 is 2.48 bits per heavy atom. The molecule has 0 spiro atoms. The van der Waals surface area contributed by atoms with Gasteiger partial charge in [0, 0.05) is 31.1 Å². The molecule has 23 heavy (non-hydrogen) atoms. The second-order valence-corrected chi connectivity index (χ2v) is 7.86. The molecule has 1 aromatic rings. The van der Waals surface area contributed by atoms with Gasteiger partial charge in [-0.05, 0) is 26.2 Å². The van der Waals surface area contributed by atoms with E-state index in [1.165, 1.54) is 4.90 Å². The number of hydrogen-bond acceptors (Lipinski definition) is 6. The van der Waals surface area contributed by atoms with E-state index in [4.69, 9.17) is 11.6 Å². The lowest BCUT2D eigenvalue weighted by molar-refractivity contribution is 0.0607. The van der Waals surface area contributed by atoms with Gasteiger partial charge in [-0.1, -0.05) is 18.2 Å². The van der Waals surface area contributed by atoms with E-state index in [1.807, 2.05) is 18.8 Å². The van der Waals surface area contributed by atoms with Crippen LogP contribution >= 0.6 is 23.4 Å². The average molecular weight is 356 g/mol. The summed E-state index contributed by atoms with van der Waals surface area (Å²) in [6.45, 7) is 4.34. The Bertz CT molecular complexity index is 483. The number of nitrogens with zero attached hydrogens (tertiary/aromatic N) is 2. The minimum Gasteiger partial charge on any atom is -0.304 e. The van der Waals surface area contributed by atoms with E-state index in [-0.39, 0.29) is 23.2 Å². The first kappa shape index (κ1) is 17.5. The quantitative estimate of drug-likeness (QED) is 0.553. The Balaban J connectivity index is 1.75. The third kappa shape index (κ3) is 4.39. The molecule has 0 amide bonds. The number of benzene rings is 1. The molecule has 0 aromatic heterocycles. The molecule has 2 saturated heterocycles. The van der Waals surface area contributed by atoms with Crippen molar-refractivity contribution in [1.82, 2.24) is 25.8 Å². The van der Waals surface area contributed by atoms with Gasteiger partial charge in [-0.3, -0.25) is 20.9 Å². The highest BCUT2D eigenvalue weighted by molar-refractivity contribution is 8.00. The van der Waals surface area contributed by atoms with Gasteiger partial charge in [0.2, 0.25) is 0 Å². The predicted octanol–water partition coefficient (Wildman–Crippen LogP) is 0.982. The van der Waals surface area contributed by atoms with Gasteiger partial charge in [0.25, 0.3) is 0 Å². The molecule has 2 aliphatic heterocycles. The maximum absolute atomic E-state index is 6.70. The lowest BCUT2D eigenvalue weighted by atomic mass is 10.2. The molecule has 3 rings (SSSR count). The number of alkyl halides is 1. The minimum absolute atomic E-state index is 0.0368. The van der Waals surface area contributed by atoms with Crippen molar-refractivity contribution in [2.45, 2.75) is 28.1 Å². The topological polar surface area (TPSA) is 42.6 Å². The van der Waals surface area contributed by atoms with Crippen LogP contribution in [0.2, 0.25) is 0 Å². The summed E-state index contributed by atoms with van der Waals surface area (Å²) in [4.78, 5) is 6.17. The van der Waals surface area contributed by atoms with E-state index in [9.17, 15) is 0 Å². The van der Waals surface area contributed by atoms with Crippen molar-refractivity contribution in [1.29, 1.82) is 0 Å². The van der Waals surface area contributed by atoms with E-state index in [0.29, 0.717) is 0 Å². The summed E-state index contributed by atoms with van der Waals surface area (Å²) in [5, 5.41) is 10.6. The number of thioether (sulfide) groups is 1. The summed E-state index contributed by atoms with van der Waals surface area (Å²) < 4.78 is 0. The van der Waals surface area contributed by atoms with Crippen molar-refractivity contribution < 1.29 is 0 Å². The van der Waals surface area contributed by atoms with Crippen LogP contribution in [-0.4, -0.2) is 73.3 Å². The highest BCUT2D eigenvalue weighted by atomic mass is 35.5. The Morgan fingerprint density at radius 1 is 1.13 bits per heavy atom. The van der Waals surface area contributed by atoms with Gasteiger partial charge in [0.15, 0.2) is 0 Å². The van der Waals surface area contributed by atoms with Crippen LogP contribution in [0.3, 0.4) is 0 Å². The molecule has 0 aliphatic carbocycles. The summed E-state index contributed by atoms with van der Waals surface area (Å²) in [6.07, 6.45) is 0.282. The van der Waals surface area contributed by atoms with Gasteiger partial charge in [-0.25, -0.2) is 0 Å². The fraction of sp³-hybridized carbons (Fsp3) is 0.625.